The van der Waals surface area contributed by atoms with E-state index in [4.69, 9.17) is 0 Å². The van der Waals surface area contributed by atoms with E-state index in [0.29, 0.717) is 23.7 Å². The highest BCUT2D eigenvalue weighted by Crippen LogP contribution is 2.46. The molecule has 0 aromatic rings. The maximum atomic E-state index is 2.59. The van der Waals surface area contributed by atoms with E-state index in [1.165, 1.54) is 22.3 Å². The number of allylic oxidation sites excluding steroid dienone is 8. The second-order valence-corrected chi connectivity index (χ2v) is 10.3. The van der Waals surface area contributed by atoms with Gasteiger partial charge in [-0.15, -0.1) is 0 Å². The molecule has 0 nitrogen and oxygen atoms in total. The Kier molecular flexibility index (Phi) is 5.11. The smallest absolute Gasteiger partial charge is 0.00956 e. The Morgan fingerprint density at radius 2 is 0.917 bits per heavy atom. The summed E-state index contributed by atoms with van der Waals surface area (Å²) in [6.07, 6.45) is 10.1. The Labute approximate surface area is 150 Å². The molecule has 0 aromatic carbocycles. The van der Waals surface area contributed by atoms with Crippen LogP contribution in [0.4, 0.5) is 0 Å². The van der Waals surface area contributed by atoms with Crippen molar-refractivity contribution in [2.24, 2.45) is 34.5 Å². The van der Waals surface area contributed by atoms with Crippen LogP contribution in [0.2, 0.25) is 0 Å². The zero-order valence-corrected chi connectivity index (χ0v) is 17.6. The third kappa shape index (κ3) is 3.79. The zero-order valence-electron chi connectivity index (χ0n) is 17.6. The molecule has 0 heterocycles. The average Bonchev–Trinajstić information content (AvgIpc) is 2.42. The first-order valence-corrected chi connectivity index (χ1v) is 9.63. The summed E-state index contributed by atoms with van der Waals surface area (Å²) in [5.41, 5.74) is 6.54. The molecule has 0 bridgehead atoms. The van der Waals surface area contributed by atoms with Crippen LogP contribution in [0.5, 0.6) is 0 Å². The highest BCUT2D eigenvalue weighted by atomic mass is 14.4. The minimum Gasteiger partial charge on any atom is -0.0765 e. The average molecular weight is 327 g/mol. The number of rotatable bonds is 1. The largest absolute Gasteiger partial charge is 0.0765 e. The summed E-state index contributed by atoms with van der Waals surface area (Å²) in [7, 11) is 0. The van der Waals surface area contributed by atoms with Crippen LogP contribution in [-0.4, -0.2) is 0 Å². The van der Waals surface area contributed by atoms with Gasteiger partial charge in [-0.3, -0.25) is 0 Å². The Balaban J connectivity index is 2.48. The van der Waals surface area contributed by atoms with Gasteiger partial charge < -0.3 is 0 Å². The monoisotopic (exact) mass is 326 g/mol. The zero-order chi connectivity index (χ0) is 18.4. The molecule has 0 heteroatoms. The summed E-state index contributed by atoms with van der Waals surface area (Å²) in [6, 6.07) is 0. The molecule has 2 rings (SSSR count). The third-order valence-corrected chi connectivity index (χ3v) is 6.28. The summed E-state index contributed by atoms with van der Waals surface area (Å²) in [5.74, 6) is 2.43. The van der Waals surface area contributed by atoms with Crippen molar-refractivity contribution in [2.45, 2.75) is 69.2 Å². The van der Waals surface area contributed by atoms with Crippen LogP contribution in [0.15, 0.2) is 46.6 Å². The fourth-order valence-corrected chi connectivity index (χ4v) is 3.98. The molecule has 0 aliphatic heterocycles. The van der Waals surface area contributed by atoms with Crippen molar-refractivity contribution in [2.75, 3.05) is 0 Å². The van der Waals surface area contributed by atoms with Crippen molar-refractivity contribution in [3.63, 3.8) is 0 Å². The Hall–Kier alpha value is -1.04. The van der Waals surface area contributed by atoms with E-state index in [0.717, 1.165) is 0 Å². The molecular formula is C24H38. The predicted molar refractivity (Wildman–Crippen MR) is 108 cm³/mol. The lowest BCUT2D eigenvalue weighted by atomic mass is 9.64. The Bertz CT molecular complexity index is 551. The first kappa shape index (κ1) is 19.3. The molecule has 0 radical (unpaired) electrons. The number of hydrogen-bond donors (Lipinski definition) is 0. The van der Waals surface area contributed by atoms with Gasteiger partial charge in [-0.1, -0.05) is 90.8 Å². The quantitative estimate of drug-likeness (QED) is 0.472. The molecule has 0 spiro atoms. The summed E-state index contributed by atoms with van der Waals surface area (Å²) in [4.78, 5) is 0. The van der Waals surface area contributed by atoms with E-state index < -0.39 is 0 Å². The van der Waals surface area contributed by atoms with Gasteiger partial charge in [-0.2, -0.15) is 0 Å². The molecule has 4 atom stereocenters. The molecule has 3 unspecified atom stereocenters. The Morgan fingerprint density at radius 3 is 1.17 bits per heavy atom. The number of hydrogen-bond acceptors (Lipinski definition) is 0. The van der Waals surface area contributed by atoms with Gasteiger partial charge in [0.15, 0.2) is 0 Å². The minimum atomic E-state index is 0.221. The molecule has 0 aromatic heterocycles. The summed E-state index contributed by atoms with van der Waals surface area (Å²) >= 11 is 0. The van der Waals surface area contributed by atoms with E-state index in [1.54, 1.807) is 0 Å². The van der Waals surface area contributed by atoms with Gasteiger partial charge >= 0.3 is 0 Å². The van der Waals surface area contributed by atoms with Crippen molar-refractivity contribution < 1.29 is 0 Å². The van der Waals surface area contributed by atoms with E-state index in [9.17, 15) is 0 Å². The van der Waals surface area contributed by atoms with Crippen molar-refractivity contribution in [3.05, 3.63) is 46.6 Å². The first-order valence-electron chi connectivity index (χ1n) is 9.63. The normalized spacial score (nSPS) is 31.9. The highest BCUT2D eigenvalue weighted by molar-refractivity contribution is 5.39. The molecule has 0 fully saturated rings. The summed E-state index contributed by atoms with van der Waals surface area (Å²) in [5, 5.41) is 0. The van der Waals surface area contributed by atoms with Crippen LogP contribution in [-0.2, 0) is 0 Å². The molecule has 0 saturated carbocycles. The van der Waals surface area contributed by atoms with Crippen LogP contribution in [0.3, 0.4) is 0 Å². The minimum absolute atomic E-state index is 0.221. The van der Waals surface area contributed by atoms with Crippen molar-refractivity contribution >= 4 is 0 Å². The van der Waals surface area contributed by atoms with Crippen LogP contribution in [0, 0.1) is 34.5 Å². The third-order valence-electron chi connectivity index (χ3n) is 6.28. The van der Waals surface area contributed by atoms with Crippen molar-refractivity contribution in [1.29, 1.82) is 0 Å². The van der Waals surface area contributed by atoms with Gasteiger partial charge in [0.25, 0.3) is 0 Å². The van der Waals surface area contributed by atoms with Gasteiger partial charge in [0, 0.05) is 0 Å². The van der Waals surface area contributed by atoms with E-state index >= 15 is 0 Å². The van der Waals surface area contributed by atoms with Crippen molar-refractivity contribution in [1.82, 2.24) is 0 Å². The van der Waals surface area contributed by atoms with Gasteiger partial charge in [0.1, 0.15) is 0 Å². The van der Waals surface area contributed by atoms with Crippen LogP contribution in [0.25, 0.3) is 0 Å². The van der Waals surface area contributed by atoms with Crippen LogP contribution >= 0.6 is 0 Å². The van der Waals surface area contributed by atoms with Crippen molar-refractivity contribution in [3.8, 4) is 0 Å². The second kappa shape index (κ2) is 6.36. The topological polar surface area (TPSA) is 0 Å². The predicted octanol–water partition coefficient (Wildman–Crippen LogP) is 7.36. The Morgan fingerprint density at radius 1 is 0.625 bits per heavy atom. The maximum absolute atomic E-state index is 2.59. The lowest BCUT2D eigenvalue weighted by molar-refractivity contribution is 0.298. The maximum Gasteiger partial charge on any atom is -0.00956 e. The van der Waals surface area contributed by atoms with Crippen LogP contribution in [0.1, 0.15) is 69.2 Å². The van der Waals surface area contributed by atoms with Crippen LogP contribution < -0.4 is 0 Å². The van der Waals surface area contributed by atoms with Gasteiger partial charge in [0.05, 0.1) is 0 Å². The summed E-state index contributed by atoms with van der Waals surface area (Å²) in [6.45, 7) is 23.5. The van der Waals surface area contributed by atoms with Gasteiger partial charge in [-0.25, -0.2) is 0 Å². The lowest BCUT2D eigenvalue weighted by Gasteiger charge is -2.41. The lowest BCUT2D eigenvalue weighted by Crippen LogP contribution is -2.31. The van der Waals surface area contributed by atoms with Gasteiger partial charge in [-0.05, 0) is 59.5 Å². The highest BCUT2D eigenvalue weighted by Gasteiger charge is 2.36. The summed E-state index contributed by atoms with van der Waals surface area (Å²) < 4.78 is 0. The molecule has 24 heavy (non-hydrogen) atoms. The molecule has 0 N–H and O–H groups in total. The fourth-order valence-electron chi connectivity index (χ4n) is 3.98. The molecule has 0 saturated heterocycles. The van der Waals surface area contributed by atoms with E-state index in [-0.39, 0.29) is 10.8 Å². The van der Waals surface area contributed by atoms with E-state index in [1.807, 2.05) is 0 Å². The SMILES string of the molecule is CC1=CC(C(C)(C)C)=CC(C2C=C(C(C)(C)C)C=C(C)[C@H]2C)C1C. The second-order valence-electron chi connectivity index (χ2n) is 10.3. The molecular weight excluding hydrogens is 288 g/mol. The van der Waals surface area contributed by atoms with Gasteiger partial charge in [0.2, 0.25) is 0 Å². The molecule has 0 amide bonds. The molecule has 2 aliphatic carbocycles. The van der Waals surface area contributed by atoms with E-state index in [2.05, 4.69) is 93.5 Å². The molecule has 134 valence electrons. The fraction of sp³-hybridized carbons (Fsp3) is 0.667. The standard InChI is InChI=1S/C24H38/c1-15-11-19(23(5,6)7)13-21(17(15)3)22-14-20(24(8,9)10)12-16(2)18(22)4/h11-14,17-18,21-22H,1-10H3/t17-,18?,21?,22?/m1/s1. The first-order chi connectivity index (χ1) is 10.8. The molecule has 2 aliphatic rings.